The molecule has 11 heteroatoms. The van der Waals surface area contributed by atoms with Crippen LogP contribution in [0.1, 0.15) is 12.8 Å². The van der Waals surface area contributed by atoms with E-state index in [2.05, 4.69) is 25.6 Å². The molecule has 1 aromatic carbocycles. The largest absolute Gasteiger partial charge is 0.381 e. The van der Waals surface area contributed by atoms with Crippen molar-refractivity contribution in [2.75, 3.05) is 38.2 Å². The predicted molar refractivity (Wildman–Crippen MR) is 129 cm³/mol. The molecule has 186 valence electrons. The van der Waals surface area contributed by atoms with Crippen LogP contribution in [0, 0.1) is 17.0 Å². The first kappa shape index (κ1) is 22.7. The molecule has 0 bridgehead atoms. The van der Waals surface area contributed by atoms with Crippen LogP contribution in [-0.4, -0.2) is 68.6 Å². The zero-order chi connectivity index (χ0) is 24.9. The van der Waals surface area contributed by atoms with Gasteiger partial charge in [-0.1, -0.05) is 0 Å². The lowest BCUT2D eigenvalue weighted by atomic mass is 9.73. The van der Waals surface area contributed by atoms with E-state index in [0.717, 1.165) is 56.8 Å². The van der Waals surface area contributed by atoms with Gasteiger partial charge in [0.25, 0.3) is 0 Å². The zero-order valence-corrected chi connectivity index (χ0v) is 19.7. The topological polar surface area (TPSA) is 101 Å². The standard InChI is InChI=1S/C25H25F2N7O2/c1-33-11-15(9-29-33)24-17-8-20(28-10-21(17)31-32-24)23-18(26)6-16(7-19(23)27)30-22(35)12-34-13-25(14-34)2-4-36-5-3-25/h6-11H,2-5,12-14H2,1H3,(H,30,35)(H,31,32). The smallest absolute Gasteiger partial charge is 0.238 e. The Bertz CT molecular complexity index is 1430. The van der Waals surface area contributed by atoms with Gasteiger partial charge < -0.3 is 10.1 Å². The Kier molecular flexibility index (Phi) is 5.53. The summed E-state index contributed by atoms with van der Waals surface area (Å²) in [6.45, 7) is 3.39. The van der Waals surface area contributed by atoms with Crippen LogP contribution in [0.25, 0.3) is 33.4 Å². The molecule has 2 aliphatic rings. The summed E-state index contributed by atoms with van der Waals surface area (Å²) in [7, 11) is 1.79. The number of nitrogens with one attached hydrogen (secondary N) is 2. The first-order valence-electron chi connectivity index (χ1n) is 11.8. The number of likely N-dealkylation sites (tertiary alicyclic amines) is 1. The highest BCUT2D eigenvalue weighted by Gasteiger charge is 2.44. The molecule has 5 heterocycles. The van der Waals surface area contributed by atoms with Gasteiger partial charge in [-0.25, -0.2) is 8.78 Å². The van der Waals surface area contributed by atoms with Gasteiger partial charge in [-0.3, -0.25) is 24.5 Å². The number of aromatic amines is 1. The SMILES string of the molecule is Cn1cc(-c2n[nH]c3cnc(-c4c(F)cc(NC(=O)CN5CC6(CCOCC6)C5)cc4F)cc23)cn1. The highest BCUT2D eigenvalue weighted by molar-refractivity contribution is 5.95. The van der Waals surface area contributed by atoms with E-state index >= 15 is 8.78 Å². The molecule has 0 aliphatic carbocycles. The number of aromatic nitrogens is 5. The number of carbonyl (C=O) groups excluding carboxylic acids is 1. The molecule has 2 saturated heterocycles. The van der Waals surface area contributed by atoms with Crippen molar-refractivity contribution < 1.29 is 18.3 Å². The quantitative estimate of drug-likeness (QED) is 0.442. The van der Waals surface area contributed by atoms with Crippen LogP contribution >= 0.6 is 0 Å². The molecule has 36 heavy (non-hydrogen) atoms. The Morgan fingerprint density at radius 3 is 2.61 bits per heavy atom. The van der Waals surface area contributed by atoms with Gasteiger partial charge in [0.15, 0.2) is 0 Å². The second-order valence-electron chi connectivity index (χ2n) is 9.71. The fraction of sp³-hybridized carbons (Fsp3) is 0.360. The fourth-order valence-corrected chi connectivity index (χ4v) is 5.25. The third-order valence-electron chi connectivity index (χ3n) is 7.05. The van der Waals surface area contributed by atoms with Gasteiger partial charge in [0, 0.05) is 61.6 Å². The third kappa shape index (κ3) is 4.14. The normalized spacial score (nSPS) is 17.4. The van der Waals surface area contributed by atoms with Crippen LogP contribution in [0.15, 0.2) is 36.8 Å². The number of hydrogen-bond donors (Lipinski definition) is 2. The van der Waals surface area contributed by atoms with Crippen molar-refractivity contribution >= 4 is 22.5 Å². The van der Waals surface area contributed by atoms with Gasteiger partial charge in [0.1, 0.15) is 17.3 Å². The molecular formula is C25H25F2N7O2. The van der Waals surface area contributed by atoms with Crippen LogP contribution in [0.3, 0.4) is 0 Å². The summed E-state index contributed by atoms with van der Waals surface area (Å²) >= 11 is 0. The van der Waals surface area contributed by atoms with Crippen molar-refractivity contribution in [3.05, 3.63) is 48.4 Å². The molecule has 0 radical (unpaired) electrons. The summed E-state index contributed by atoms with van der Waals surface area (Å²) in [5.74, 6) is -1.93. The first-order chi connectivity index (χ1) is 17.4. The maximum Gasteiger partial charge on any atom is 0.238 e. The van der Waals surface area contributed by atoms with Crippen molar-refractivity contribution in [3.8, 4) is 22.5 Å². The number of anilines is 1. The van der Waals surface area contributed by atoms with Gasteiger partial charge in [-0.05, 0) is 31.0 Å². The lowest BCUT2D eigenvalue weighted by molar-refractivity contribution is -0.124. The lowest BCUT2D eigenvalue weighted by Crippen LogP contribution is -2.59. The van der Waals surface area contributed by atoms with E-state index in [4.69, 9.17) is 4.74 Å². The number of halogens is 2. The Labute approximate surface area is 205 Å². The number of ether oxygens (including phenoxy) is 1. The van der Waals surface area contributed by atoms with E-state index in [-0.39, 0.29) is 34.8 Å². The maximum absolute atomic E-state index is 15.1. The summed E-state index contributed by atoms with van der Waals surface area (Å²) in [5.41, 5.74) is 2.20. The highest BCUT2D eigenvalue weighted by Crippen LogP contribution is 2.39. The Balaban J connectivity index is 1.19. The van der Waals surface area contributed by atoms with Crippen molar-refractivity contribution in [1.29, 1.82) is 0 Å². The average molecular weight is 494 g/mol. The predicted octanol–water partition coefficient (Wildman–Crippen LogP) is 3.35. The van der Waals surface area contributed by atoms with Gasteiger partial charge in [-0.15, -0.1) is 0 Å². The van der Waals surface area contributed by atoms with E-state index in [1.54, 1.807) is 30.2 Å². The number of pyridine rings is 1. The molecule has 9 nitrogen and oxygen atoms in total. The molecule has 0 atom stereocenters. The molecule has 2 aliphatic heterocycles. The molecule has 1 spiro atoms. The number of amides is 1. The number of H-pyrrole nitrogens is 1. The number of aryl methyl sites for hydroxylation is 1. The number of carbonyl (C=O) groups is 1. The molecule has 1 amide bonds. The molecule has 3 aromatic heterocycles. The Morgan fingerprint density at radius 2 is 1.92 bits per heavy atom. The maximum atomic E-state index is 15.1. The summed E-state index contributed by atoms with van der Waals surface area (Å²) in [6, 6.07) is 3.84. The average Bonchev–Trinajstić information content (AvgIpc) is 3.44. The summed E-state index contributed by atoms with van der Waals surface area (Å²) in [5, 5.41) is 14.6. The monoisotopic (exact) mass is 493 g/mol. The first-order valence-corrected chi connectivity index (χ1v) is 11.8. The number of hydrogen-bond acceptors (Lipinski definition) is 6. The Hall–Kier alpha value is -3.70. The van der Waals surface area contributed by atoms with E-state index in [1.807, 2.05) is 4.90 Å². The van der Waals surface area contributed by atoms with E-state index < -0.39 is 11.6 Å². The molecule has 0 saturated carbocycles. The van der Waals surface area contributed by atoms with Crippen molar-refractivity contribution in [2.24, 2.45) is 12.5 Å². The van der Waals surface area contributed by atoms with Crippen molar-refractivity contribution in [2.45, 2.75) is 12.8 Å². The van der Waals surface area contributed by atoms with Gasteiger partial charge in [0.05, 0.1) is 35.7 Å². The number of benzene rings is 1. The molecule has 0 unspecified atom stereocenters. The highest BCUT2D eigenvalue weighted by atomic mass is 19.1. The van der Waals surface area contributed by atoms with Crippen molar-refractivity contribution in [1.82, 2.24) is 29.9 Å². The van der Waals surface area contributed by atoms with E-state index in [1.165, 1.54) is 6.20 Å². The lowest BCUT2D eigenvalue weighted by Gasteiger charge is -2.52. The fourth-order valence-electron chi connectivity index (χ4n) is 5.25. The van der Waals surface area contributed by atoms with Crippen LogP contribution in [0.2, 0.25) is 0 Å². The molecule has 2 N–H and O–H groups in total. The van der Waals surface area contributed by atoms with Crippen LogP contribution in [0.4, 0.5) is 14.5 Å². The van der Waals surface area contributed by atoms with Crippen molar-refractivity contribution in [3.63, 3.8) is 0 Å². The molecule has 4 aromatic rings. The van der Waals surface area contributed by atoms with Gasteiger partial charge in [0.2, 0.25) is 5.91 Å². The molecule has 6 rings (SSSR count). The Morgan fingerprint density at radius 1 is 1.17 bits per heavy atom. The van der Waals surface area contributed by atoms with E-state index in [0.29, 0.717) is 16.6 Å². The summed E-state index contributed by atoms with van der Waals surface area (Å²) in [4.78, 5) is 18.8. The van der Waals surface area contributed by atoms with Gasteiger partial charge in [-0.2, -0.15) is 10.2 Å². The number of rotatable bonds is 5. The third-order valence-corrected chi connectivity index (χ3v) is 7.05. The second kappa shape index (κ2) is 8.75. The minimum Gasteiger partial charge on any atom is -0.381 e. The summed E-state index contributed by atoms with van der Waals surface area (Å²) in [6.07, 6.45) is 6.97. The second-order valence-corrected chi connectivity index (χ2v) is 9.71. The molecule has 2 fully saturated rings. The zero-order valence-electron chi connectivity index (χ0n) is 19.7. The number of fused-ring (bicyclic) bond motifs is 1. The van der Waals surface area contributed by atoms with Crippen LogP contribution < -0.4 is 5.32 Å². The summed E-state index contributed by atoms with van der Waals surface area (Å²) < 4.78 is 37.2. The van der Waals surface area contributed by atoms with Gasteiger partial charge >= 0.3 is 0 Å². The van der Waals surface area contributed by atoms with E-state index in [9.17, 15) is 4.79 Å². The molecular weight excluding hydrogens is 468 g/mol. The van der Waals surface area contributed by atoms with Crippen LogP contribution in [0.5, 0.6) is 0 Å². The van der Waals surface area contributed by atoms with Crippen LogP contribution in [-0.2, 0) is 16.6 Å². The minimum absolute atomic E-state index is 0.0699. The minimum atomic E-state index is -0.811. The number of nitrogens with zero attached hydrogens (tertiary/aromatic N) is 5.